The first kappa shape index (κ1) is 19.7. The number of nitrogens with zero attached hydrogens (tertiary/aromatic N) is 1. The lowest BCUT2D eigenvalue weighted by molar-refractivity contribution is -0.511. The van der Waals surface area contributed by atoms with Gasteiger partial charge in [-0.25, -0.2) is 0 Å². The number of methoxy groups -OCH3 is 1. The van der Waals surface area contributed by atoms with Gasteiger partial charge in [-0.15, -0.1) is 0 Å². The minimum absolute atomic E-state index is 0.0195. The number of anilines is 1. The van der Waals surface area contributed by atoms with Gasteiger partial charge in [0.1, 0.15) is 11.8 Å². The average molecular weight is 399 g/mol. The van der Waals surface area contributed by atoms with Gasteiger partial charge in [-0.2, -0.15) is 13.2 Å². The second-order valence-electron chi connectivity index (χ2n) is 6.17. The smallest absolute Gasteiger partial charge is 0.416 e. The van der Waals surface area contributed by atoms with Crippen molar-refractivity contribution in [2.24, 2.45) is 0 Å². The SMILES string of the molecule is COc1cc(NC2=C3C=C(C(O)O)NC3C([N+](=O)[O-])C=C2)cc(C(F)(F)F)c1. The summed E-state index contributed by atoms with van der Waals surface area (Å²) < 4.78 is 44.2. The maximum absolute atomic E-state index is 13.1. The fraction of sp³-hybridized carbons (Fsp3) is 0.294. The molecule has 2 aliphatic rings. The van der Waals surface area contributed by atoms with Crippen molar-refractivity contribution < 1.29 is 33.0 Å². The normalized spacial score (nSPS) is 21.3. The van der Waals surface area contributed by atoms with Gasteiger partial charge in [0.25, 0.3) is 6.04 Å². The highest BCUT2D eigenvalue weighted by Gasteiger charge is 2.40. The topological polar surface area (TPSA) is 117 Å². The Morgan fingerprint density at radius 3 is 2.61 bits per heavy atom. The minimum Gasteiger partial charge on any atom is -0.497 e. The number of fused-ring (bicyclic) bond motifs is 1. The monoisotopic (exact) mass is 399 g/mol. The summed E-state index contributed by atoms with van der Waals surface area (Å²) in [6.45, 7) is 0. The van der Waals surface area contributed by atoms with Crippen molar-refractivity contribution >= 4 is 5.69 Å². The zero-order valence-corrected chi connectivity index (χ0v) is 14.4. The average Bonchev–Trinajstić information content (AvgIpc) is 3.06. The molecule has 0 bridgehead atoms. The molecule has 0 amide bonds. The summed E-state index contributed by atoms with van der Waals surface area (Å²) in [5, 5.41) is 35.4. The number of aliphatic hydroxyl groups is 2. The van der Waals surface area contributed by atoms with E-state index >= 15 is 0 Å². The van der Waals surface area contributed by atoms with E-state index in [0.29, 0.717) is 5.57 Å². The van der Waals surface area contributed by atoms with Gasteiger partial charge < -0.3 is 25.6 Å². The van der Waals surface area contributed by atoms with E-state index < -0.39 is 35.0 Å². The number of ether oxygens (including phenoxy) is 1. The standard InChI is InChI=1S/C17H16F3N3O5/c1-28-10-5-8(17(18,19)20)4-9(6-10)21-12-2-3-14(23(26)27)15-11(12)7-13(22-15)16(24)25/h2-7,14-16,21-22,24-25H,1H3. The van der Waals surface area contributed by atoms with E-state index in [4.69, 9.17) is 4.74 Å². The molecule has 1 aliphatic heterocycles. The van der Waals surface area contributed by atoms with Crippen molar-refractivity contribution in [1.29, 1.82) is 0 Å². The van der Waals surface area contributed by atoms with Crippen molar-refractivity contribution in [1.82, 2.24) is 5.32 Å². The van der Waals surface area contributed by atoms with Gasteiger partial charge in [0.05, 0.1) is 18.4 Å². The van der Waals surface area contributed by atoms with Crippen LogP contribution in [0.15, 0.2) is 53.4 Å². The molecule has 2 unspecified atom stereocenters. The first-order chi connectivity index (χ1) is 13.1. The van der Waals surface area contributed by atoms with Crippen molar-refractivity contribution in [3.8, 4) is 5.75 Å². The Morgan fingerprint density at radius 2 is 2.04 bits per heavy atom. The lowest BCUT2D eigenvalue weighted by Crippen LogP contribution is -2.43. The number of nitrogens with one attached hydrogen (secondary N) is 2. The van der Waals surface area contributed by atoms with Gasteiger partial charge in [0, 0.05) is 27.9 Å². The highest BCUT2D eigenvalue weighted by molar-refractivity contribution is 5.61. The summed E-state index contributed by atoms with van der Waals surface area (Å²) in [6, 6.07) is 1.00. The van der Waals surface area contributed by atoms with Gasteiger partial charge in [-0.3, -0.25) is 10.1 Å². The highest BCUT2D eigenvalue weighted by atomic mass is 19.4. The molecule has 8 nitrogen and oxygen atoms in total. The molecule has 0 saturated heterocycles. The van der Waals surface area contributed by atoms with Crippen LogP contribution in [0.5, 0.6) is 5.75 Å². The zero-order chi connectivity index (χ0) is 20.6. The summed E-state index contributed by atoms with van der Waals surface area (Å²) in [5.74, 6) is -0.0195. The summed E-state index contributed by atoms with van der Waals surface area (Å²) >= 11 is 0. The number of hydrogen-bond acceptors (Lipinski definition) is 7. The summed E-state index contributed by atoms with van der Waals surface area (Å²) in [6.07, 6.45) is -2.50. The van der Waals surface area contributed by atoms with E-state index in [0.717, 1.165) is 12.1 Å². The number of alkyl halides is 3. The van der Waals surface area contributed by atoms with Gasteiger partial charge >= 0.3 is 6.18 Å². The maximum atomic E-state index is 13.1. The van der Waals surface area contributed by atoms with Crippen LogP contribution in [-0.2, 0) is 6.18 Å². The Balaban J connectivity index is 2.01. The molecule has 11 heteroatoms. The van der Waals surface area contributed by atoms with Crippen LogP contribution in [0.1, 0.15) is 5.56 Å². The van der Waals surface area contributed by atoms with Crippen LogP contribution in [0.2, 0.25) is 0 Å². The van der Waals surface area contributed by atoms with Gasteiger partial charge in [0.15, 0.2) is 6.29 Å². The van der Waals surface area contributed by atoms with Gasteiger partial charge in [0.2, 0.25) is 0 Å². The second kappa shape index (κ2) is 7.17. The van der Waals surface area contributed by atoms with Crippen LogP contribution < -0.4 is 15.4 Å². The molecular weight excluding hydrogens is 383 g/mol. The van der Waals surface area contributed by atoms with Crippen LogP contribution in [0.25, 0.3) is 0 Å². The van der Waals surface area contributed by atoms with E-state index in [9.17, 15) is 33.5 Å². The highest BCUT2D eigenvalue weighted by Crippen LogP contribution is 2.36. The van der Waals surface area contributed by atoms with E-state index in [-0.39, 0.29) is 22.8 Å². The molecular formula is C17H16F3N3O5. The lowest BCUT2D eigenvalue weighted by Gasteiger charge is -2.24. The number of rotatable bonds is 5. The van der Waals surface area contributed by atoms with Gasteiger partial charge in [-0.1, -0.05) is 0 Å². The molecule has 0 spiro atoms. The van der Waals surface area contributed by atoms with Crippen molar-refractivity contribution in [3.05, 3.63) is 69.1 Å². The van der Waals surface area contributed by atoms with E-state index in [1.165, 1.54) is 31.4 Å². The molecule has 1 aliphatic carbocycles. The zero-order valence-electron chi connectivity index (χ0n) is 14.4. The Morgan fingerprint density at radius 1 is 1.32 bits per heavy atom. The molecule has 150 valence electrons. The quantitative estimate of drug-likeness (QED) is 0.339. The Hall–Kier alpha value is -3.05. The first-order valence-electron chi connectivity index (χ1n) is 8.03. The number of benzene rings is 1. The lowest BCUT2D eigenvalue weighted by atomic mass is 9.94. The molecule has 28 heavy (non-hydrogen) atoms. The third-order valence-electron chi connectivity index (χ3n) is 4.35. The molecule has 0 radical (unpaired) electrons. The number of allylic oxidation sites excluding steroid dienone is 1. The third kappa shape index (κ3) is 3.80. The molecule has 0 aromatic heterocycles. The number of nitro groups is 1. The molecule has 0 saturated carbocycles. The Labute approximate surface area is 156 Å². The number of aliphatic hydroxyl groups excluding tert-OH is 1. The number of hydrogen-bond donors (Lipinski definition) is 4. The van der Waals surface area contributed by atoms with Crippen LogP contribution in [0, 0.1) is 10.1 Å². The largest absolute Gasteiger partial charge is 0.497 e. The number of halogens is 3. The van der Waals surface area contributed by atoms with Crippen LogP contribution in [0.3, 0.4) is 0 Å². The summed E-state index contributed by atoms with van der Waals surface area (Å²) in [4.78, 5) is 10.7. The second-order valence-corrected chi connectivity index (χ2v) is 6.17. The first-order valence-corrected chi connectivity index (χ1v) is 8.03. The Kier molecular flexibility index (Phi) is 5.04. The molecule has 1 aromatic carbocycles. The van der Waals surface area contributed by atoms with Crippen molar-refractivity contribution in [3.63, 3.8) is 0 Å². The van der Waals surface area contributed by atoms with E-state index in [1.54, 1.807) is 0 Å². The molecule has 2 atom stereocenters. The molecule has 1 aromatic rings. The fourth-order valence-corrected chi connectivity index (χ4v) is 3.04. The predicted molar refractivity (Wildman–Crippen MR) is 91.8 cm³/mol. The molecule has 0 fully saturated rings. The van der Waals surface area contributed by atoms with E-state index in [1.807, 2.05) is 0 Å². The van der Waals surface area contributed by atoms with Crippen LogP contribution >= 0.6 is 0 Å². The van der Waals surface area contributed by atoms with E-state index in [2.05, 4.69) is 10.6 Å². The molecule has 3 rings (SSSR count). The molecule has 1 heterocycles. The summed E-state index contributed by atoms with van der Waals surface area (Å²) in [7, 11) is 1.23. The Bertz CT molecular complexity index is 893. The van der Waals surface area contributed by atoms with Crippen molar-refractivity contribution in [2.45, 2.75) is 24.6 Å². The maximum Gasteiger partial charge on any atom is 0.416 e. The van der Waals surface area contributed by atoms with Crippen LogP contribution in [0.4, 0.5) is 18.9 Å². The fourth-order valence-electron chi connectivity index (χ4n) is 3.04. The summed E-state index contributed by atoms with van der Waals surface area (Å²) in [5.41, 5.74) is -0.303. The predicted octanol–water partition coefficient (Wildman–Crippen LogP) is 1.76. The minimum atomic E-state index is -4.59. The van der Waals surface area contributed by atoms with Gasteiger partial charge in [-0.05, 0) is 30.4 Å². The molecule has 4 N–H and O–H groups in total. The third-order valence-corrected chi connectivity index (χ3v) is 4.35. The van der Waals surface area contributed by atoms with Crippen LogP contribution in [-0.4, -0.2) is 40.6 Å². The van der Waals surface area contributed by atoms with Crippen molar-refractivity contribution in [2.75, 3.05) is 12.4 Å².